The van der Waals surface area contributed by atoms with Gasteiger partial charge in [0.1, 0.15) is 35.1 Å². The Kier molecular flexibility index (Phi) is 6.78. The summed E-state index contributed by atoms with van der Waals surface area (Å²) in [5, 5.41) is 18.1. The van der Waals surface area contributed by atoms with Crippen molar-refractivity contribution in [3.05, 3.63) is 99.8 Å². The summed E-state index contributed by atoms with van der Waals surface area (Å²) in [5.41, 5.74) is -2.78. The summed E-state index contributed by atoms with van der Waals surface area (Å²) < 4.78 is 88.0. The number of hydrogen-bond acceptors (Lipinski definition) is 5. The Balaban J connectivity index is 1.67. The molecule has 0 fully saturated rings. The SMILES string of the molecule is COc1cc(F)c(C2NC(C)=C(C(=O)Nc3cccc(C(F)(F)F)c3)N2[O-])cc1-c1c(F)cccc1F. The molecular weight excluding hydrogens is 504 g/mol. The zero-order valence-corrected chi connectivity index (χ0v) is 19.2. The van der Waals surface area contributed by atoms with Crippen LogP contribution in [0.2, 0.25) is 0 Å². The molecule has 0 radical (unpaired) electrons. The molecule has 2 N–H and O–H groups in total. The van der Waals surface area contributed by atoms with Crippen LogP contribution in [-0.2, 0) is 11.0 Å². The zero-order valence-electron chi connectivity index (χ0n) is 19.2. The van der Waals surface area contributed by atoms with Crippen molar-refractivity contribution < 1.29 is 35.9 Å². The first-order chi connectivity index (χ1) is 17.4. The number of hydrogen-bond donors (Lipinski definition) is 2. The molecule has 0 saturated heterocycles. The maximum atomic E-state index is 15.0. The van der Waals surface area contributed by atoms with Gasteiger partial charge in [-0.05, 0) is 43.3 Å². The van der Waals surface area contributed by atoms with Gasteiger partial charge in [-0.1, -0.05) is 12.1 Å². The van der Waals surface area contributed by atoms with Crippen LogP contribution in [0.1, 0.15) is 24.2 Å². The number of alkyl halides is 3. The Hall–Kier alpha value is -4.19. The lowest BCUT2D eigenvalue weighted by atomic mass is 9.99. The lowest BCUT2D eigenvalue weighted by molar-refractivity contribution is -0.137. The van der Waals surface area contributed by atoms with E-state index in [1.165, 1.54) is 20.1 Å². The molecule has 1 heterocycles. The minimum Gasteiger partial charge on any atom is -0.756 e. The van der Waals surface area contributed by atoms with E-state index in [1.54, 1.807) is 0 Å². The van der Waals surface area contributed by atoms with Crippen molar-refractivity contribution in [3.8, 4) is 16.9 Å². The number of halogens is 6. The van der Waals surface area contributed by atoms with Gasteiger partial charge in [0.15, 0.2) is 0 Å². The van der Waals surface area contributed by atoms with Gasteiger partial charge in [-0.2, -0.15) is 13.2 Å². The highest BCUT2D eigenvalue weighted by atomic mass is 19.4. The van der Waals surface area contributed by atoms with E-state index in [4.69, 9.17) is 4.74 Å². The van der Waals surface area contributed by atoms with E-state index in [9.17, 15) is 32.0 Å². The summed E-state index contributed by atoms with van der Waals surface area (Å²) >= 11 is 0. The number of nitrogens with zero attached hydrogens (tertiary/aromatic N) is 1. The van der Waals surface area contributed by atoms with Gasteiger partial charge in [0.05, 0.1) is 18.2 Å². The minimum atomic E-state index is -4.65. The summed E-state index contributed by atoms with van der Waals surface area (Å²) in [6.07, 6.45) is -6.18. The standard InChI is InChI=1S/C25H18F6N3O3/c1-12-22(24(35)33-14-6-3-5-13(9-14)25(29,30)31)34(36)23(32-12)15-10-16(20(37-2)11-19(15)28)21-17(26)7-4-8-18(21)27/h3-11,23,32H,1-2H3,(H,33,35)/q-1. The third-order valence-electron chi connectivity index (χ3n) is 5.67. The fourth-order valence-electron chi connectivity index (χ4n) is 3.97. The second-order valence-corrected chi connectivity index (χ2v) is 8.05. The lowest BCUT2D eigenvalue weighted by Crippen LogP contribution is -2.29. The Bertz CT molecular complexity index is 1390. The average molecular weight is 522 g/mol. The fourth-order valence-corrected chi connectivity index (χ4v) is 3.97. The smallest absolute Gasteiger partial charge is 0.416 e. The molecule has 1 aliphatic heterocycles. The molecule has 3 aromatic rings. The van der Waals surface area contributed by atoms with E-state index in [1.807, 2.05) is 0 Å². The number of ether oxygens (including phenoxy) is 1. The summed E-state index contributed by atoms with van der Waals surface area (Å²) in [7, 11) is 1.17. The topological polar surface area (TPSA) is 76.7 Å². The number of methoxy groups -OCH3 is 1. The Morgan fingerprint density at radius 3 is 2.30 bits per heavy atom. The number of benzene rings is 3. The number of anilines is 1. The van der Waals surface area contributed by atoms with Crippen molar-refractivity contribution in [2.45, 2.75) is 19.3 Å². The molecule has 37 heavy (non-hydrogen) atoms. The molecule has 0 aromatic heterocycles. The third-order valence-corrected chi connectivity index (χ3v) is 5.67. The Morgan fingerprint density at radius 2 is 1.68 bits per heavy atom. The Morgan fingerprint density at radius 1 is 1.03 bits per heavy atom. The van der Waals surface area contributed by atoms with Crippen LogP contribution >= 0.6 is 0 Å². The van der Waals surface area contributed by atoms with E-state index < -0.39 is 52.5 Å². The van der Waals surface area contributed by atoms with Crippen LogP contribution in [0.4, 0.5) is 32.0 Å². The summed E-state index contributed by atoms with van der Waals surface area (Å²) in [6.45, 7) is 1.34. The quantitative estimate of drug-likeness (QED) is 0.398. The number of nitrogens with one attached hydrogen (secondary N) is 2. The minimum absolute atomic E-state index is 0.00156. The molecular formula is C25H18F6N3O3-. The van der Waals surface area contributed by atoms with Gasteiger partial charge < -0.3 is 25.6 Å². The number of carbonyl (C=O) groups excluding carboxylic acids is 1. The number of allylic oxidation sites excluding steroid dienone is 1. The van der Waals surface area contributed by atoms with Gasteiger partial charge in [-0.25, -0.2) is 13.2 Å². The van der Waals surface area contributed by atoms with Crippen LogP contribution in [-0.4, -0.2) is 18.1 Å². The molecule has 0 bridgehead atoms. The Labute approximate surface area is 206 Å². The normalized spacial score (nSPS) is 15.6. The molecule has 1 aliphatic rings. The van der Waals surface area contributed by atoms with Gasteiger partial charge >= 0.3 is 6.18 Å². The predicted octanol–water partition coefficient (Wildman–Crippen LogP) is 6.07. The number of hydroxylamine groups is 2. The van der Waals surface area contributed by atoms with Gasteiger partial charge in [0.25, 0.3) is 5.91 Å². The summed E-state index contributed by atoms with van der Waals surface area (Å²) in [4.78, 5) is 12.8. The molecule has 4 rings (SSSR count). The maximum absolute atomic E-state index is 15.0. The molecule has 194 valence electrons. The molecule has 1 unspecified atom stereocenters. The summed E-state index contributed by atoms with van der Waals surface area (Å²) in [5.74, 6) is -4.12. The van der Waals surface area contributed by atoms with E-state index in [2.05, 4.69) is 10.6 Å². The molecule has 3 aromatic carbocycles. The predicted molar refractivity (Wildman–Crippen MR) is 122 cm³/mol. The van der Waals surface area contributed by atoms with Crippen LogP contribution in [0.5, 0.6) is 5.75 Å². The molecule has 12 heteroatoms. The highest BCUT2D eigenvalue weighted by molar-refractivity contribution is 6.04. The highest BCUT2D eigenvalue weighted by Gasteiger charge is 2.33. The van der Waals surface area contributed by atoms with Crippen LogP contribution in [0.15, 0.2) is 66.0 Å². The third kappa shape index (κ3) is 4.92. The molecule has 0 saturated carbocycles. The van der Waals surface area contributed by atoms with Gasteiger partial charge in [-0.15, -0.1) is 0 Å². The van der Waals surface area contributed by atoms with E-state index in [0.29, 0.717) is 6.07 Å². The summed E-state index contributed by atoms with van der Waals surface area (Å²) in [6, 6.07) is 8.81. The van der Waals surface area contributed by atoms with Crippen LogP contribution < -0.4 is 15.4 Å². The van der Waals surface area contributed by atoms with Crippen molar-refractivity contribution in [3.63, 3.8) is 0 Å². The number of carbonyl (C=O) groups is 1. The van der Waals surface area contributed by atoms with Crippen molar-refractivity contribution in [2.75, 3.05) is 12.4 Å². The second kappa shape index (κ2) is 9.69. The van der Waals surface area contributed by atoms with E-state index in [0.717, 1.165) is 42.5 Å². The van der Waals surface area contributed by atoms with E-state index in [-0.39, 0.29) is 33.3 Å². The molecule has 0 spiro atoms. The van der Waals surface area contributed by atoms with Gasteiger partial charge in [0, 0.05) is 28.6 Å². The molecule has 0 aliphatic carbocycles. The monoisotopic (exact) mass is 522 g/mol. The first-order valence-corrected chi connectivity index (χ1v) is 10.7. The van der Waals surface area contributed by atoms with Crippen molar-refractivity contribution in [1.82, 2.24) is 10.4 Å². The number of amides is 1. The second-order valence-electron chi connectivity index (χ2n) is 8.05. The lowest BCUT2D eigenvalue weighted by Gasteiger charge is -2.34. The number of rotatable bonds is 5. The van der Waals surface area contributed by atoms with Gasteiger partial charge in [-0.3, -0.25) is 4.79 Å². The van der Waals surface area contributed by atoms with E-state index >= 15 is 4.39 Å². The highest BCUT2D eigenvalue weighted by Crippen LogP contribution is 2.40. The van der Waals surface area contributed by atoms with Crippen LogP contribution in [0.25, 0.3) is 11.1 Å². The molecule has 1 amide bonds. The average Bonchev–Trinajstić information content (AvgIpc) is 3.12. The fraction of sp³-hybridized carbons (Fsp3) is 0.160. The van der Waals surface area contributed by atoms with Crippen LogP contribution in [0.3, 0.4) is 0 Å². The van der Waals surface area contributed by atoms with Crippen molar-refractivity contribution in [2.24, 2.45) is 0 Å². The maximum Gasteiger partial charge on any atom is 0.416 e. The largest absolute Gasteiger partial charge is 0.756 e. The first kappa shape index (κ1) is 25.9. The van der Waals surface area contributed by atoms with Crippen molar-refractivity contribution in [1.29, 1.82) is 0 Å². The van der Waals surface area contributed by atoms with Crippen molar-refractivity contribution >= 4 is 11.6 Å². The van der Waals surface area contributed by atoms with Crippen LogP contribution in [0, 0.1) is 22.7 Å². The molecule has 1 atom stereocenters. The zero-order chi connectivity index (χ0) is 27.1. The first-order valence-electron chi connectivity index (χ1n) is 10.7. The molecule has 6 nitrogen and oxygen atoms in total. The van der Waals surface area contributed by atoms with Gasteiger partial charge in [0.2, 0.25) is 0 Å².